The molecular weight excluding hydrogens is 276 g/mol. The monoisotopic (exact) mass is 292 g/mol. The van der Waals surface area contributed by atoms with Crippen LogP contribution in [0.5, 0.6) is 5.75 Å². The molecule has 0 bridgehead atoms. The fourth-order valence-corrected chi connectivity index (χ4v) is 1.94. The zero-order valence-electron chi connectivity index (χ0n) is 11.8. The van der Waals surface area contributed by atoms with Crippen LogP contribution in [-0.4, -0.2) is 18.0 Å². The molecule has 0 atom stereocenters. The van der Waals surface area contributed by atoms with Gasteiger partial charge in [-0.25, -0.2) is 0 Å². The molecule has 0 unspecified atom stereocenters. The van der Waals surface area contributed by atoms with Crippen LogP contribution in [0, 0.1) is 0 Å². The van der Waals surface area contributed by atoms with Crippen molar-refractivity contribution in [2.24, 2.45) is 0 Å². The van der Waals surface area contributed by atoms with Crippen LogP contribution in [0.4, 0.5) is 0 Å². The number of carbonyl (C=O) groups excluding carboxylic acids is 1. The first-order valence-electron chi connectivity index (χ1n) is 6.39. The van der Waals surface area contributed by atoms with Gasteiger partial charge in [0.1, 0.15) is 18.1 Å². The summed E-state index contributed by atoms with van der Waals surface area (Å²) in [5.74, 6) is 1.30. The summed E-state index contributed by atoms with van der Waals surface area (Å²) in [4.78, 5) is 11.7. The van der Waals surface area contributed by atoms with Gasteiger partial charge in [-0.3, -0.25) is 4.79 Å². The summed E-state index contributed by atoms with van der Waals surface area (Å²) in [6.45, 7) is 5.80. The SMILES string of the molecule is C/C(=C\COc1cccc(Cl)c1)C1=CC(=O)C(C)(C)O1. The summed E-state index contributed by atoms with van der Waals surface area (Å²) in [6.07, 6.45) is 3.41. The Morgan fingerprint density at radius 1 is 1.45 bits per heavy atom. The number of halogens is 1. The van der Waals surface area contributed by atoms with Crippen molar-refractivity contribution < 1.29 is 14.3 Å². The first-order chi connectivity index (χ1) is 9.38. The molecule has 2 rings (SSSR count). The third-order valence-electron chi connectivity index (χ3n) is 3.04. The lowest BCUT2D eigenvalue weighted by molar-refractivity contribution is -0.126. The molecule has 0 spiro atoms. The Morgan fingerprint density at radius 2 is 2.20 bits per heavy atom. The van der Waals surface area contributed by atoms with Crippen LogP contribution in [0.1, 0.15) is 20.8 Å². The van der Waals surface area contributed by atoms with Crippen molar-refractivity contribution in [1.82, 2.24) is 0 Å². The summed E-state index contributed by atoms with van der Waals surface area (Å²) in [5.41, 5.74) is 0.115. The van der Waals surface area contributed by atoms with Crippen LogP contribution in [0.2, 0.25) is 5.02 Å². The van der Waals surface area contributed by atoms with Crippen LogP contribution in [0.15, 0.2) is 47.7 Å². The van der Waals surface area contributed by atoms with Crippen LogP contribution in [0.3, 0.4) is 0 Å². The Hall–Kier alpha value is -1.74. The van der Waals surface area contributed by atoms with E-state index in [9.17, 15) is 4.79 Å². The summed E-state index contributed by atoms with van der Waals surface area (Å²) < 4.78 is 11.2. The van der Waals surface area contributed by atoms with E-state index in [1.54, 1.807) is 26.0 Å². The lowest BCUT2D eigenvalue weighted by Gasteiger charge is -2.18. The van der Waals surface area contributed by atoms with E-state index < -0.39 is 5.60 Å². The van der Waals surface area contributed by atoms with Gasteiger partial charge >= 0.3 is 0 Å². The molecule has 20 heavy (non-hydrogen) atoms. The van der Waals surface area contributed by atoms with Crippen molar-refractivity contribution in [1.29, 1.82) is 0 Å². The van der Waals surface area contributed by atoms with E-state index in [1.165, 1.54) is 6.08 Å². The van der Waals surface area contributed by atoms with Crippen molar-refractivity contribution in [3.63, 3.8) is 0 Å². The normalized spacial score (nSPS) is 17.7. The average Bonchev–Trinajstić information content (AvgIpc) is 2.64. The molecule has 0 amide bonds. The van der Waals surface area contributed by atoms with E-state index in [0.717, 1.165) is 5.57 Å². The lowest BCUT2D eigenvalue weighted by Crippen LogP contribution is -2.27. The van der Waals surface area contributed by atoms with Gasteiger partial charge < -0.3 is 9.47 Å². The molecule has 0 aliphatic carbocycles. The van der Waals surface area contributed by atoms with E-state index in [4.69, 9.17) is 21.1 Å². The van der Waals surface area contributed by atoms with E-state index in [-0.39, 0.29) is 5.78 Å². The molecule has 0 N–H and O–H groups in total. The van der Waals surface area contributed by atoms with E-state index in [0.29, 0.717) is 23.1 Å². The Kier molecular flexibility index (Phi) is 4.19. The molecule has 106 valence electrons. The topological polar surface area (TPSA) is 35.5 Å². The zero-order valence-corrected chi connectivity index (χ0v) is 12.5. The summed E-state index contributed by atoms with van der Waals surface area (Å²) in [5, 5.41) is 0.636. The van der Waals surface area contributed by atoms with Gasteiger partial charge in [0, 0.05) is 11.1 Å². The second kappa shape index (κ2) is 5.71. The van der Waals surface area contributed by atoms with Crippen LogP contribution in [0.25, 0.3) is 0 Å². The van der Waals surface area contributed by atoms with Crippen molar-refractivity contribution in [3.05, 3.63) is 52.8 Å². The third kappa shape index (κ3) is 3.42. The second-order valence-corrected chi connectivity index (χ2v) is 5.58. The maximum atomic E-state index is 11.7. The first kappa shape index (κ1) is 14.7. The fraction of sp³-hybridized carbons (Fsp3) is 0.312. The minimum absolute atomic E-state index is 0.0176. The fourth-order valence-electron chi connectivity index (χ4n) is 1.76. The van der Waals surface area contributed by atoms with E-state index in [1.807, 2.05) is 25.1 Å². The number of carbonyl (C=O) groups is 1. The van der Waals surface area contributed by atoms with E-state index >= 15 is 0 Å². The lowest BCUT2D eigenvalue weighted by atomic mass is 10.1. The average molecular weight is 293 g/mol. The van der Waals surface area contributed by atoms with Gasteiger partial charge in [0.25, 0.3) is 0 Å². The highest BCUT2D eigenvalue weighted by Gasteiger charge is 2.35. The minimum Gasteiger partial charge on any atom is -0.489 e. The molecule has 1 aromatic rings. The highest BCUT2D eigenvalue weighted by Crippen LogP contribution is 2.28. The molecule has 0 saturated heterocycles. The molecule has 3 nitrogen and oxygen atoms in total. The summed E-state index contributed by atoms with van der Waals surface area (Å²) in [6, 6.07) is 7.22. The number of ether oxygens (including phenoxy) is 2. The molecule has 0 radical (unpaired) electrons. The van der Waals surface area contributed by atoms with Crippen LogP contribution >= 0.6 is 11.6 Å². The maximum Gasteiger partial charge on any atom is 0.202 e. The Bertz CT molecular complexity index is 585. The largest absolute Gasteiger partial charge is 0.489 e. The van der Waals surface area contributed by atoms with Gasteiger partial charge in [0.15, 0.2) is 5.60 Å². The van der Waals surface area contributed by atoms with Crippen LogP contribution < -0.4 is 4.74 Å². The predicted molar refractivity (Wildman–Crippen MR) is 79.0 cm³/mol. The minimum atomic E-state index is -0.766. The van der Waals surface area contributed by atoms with Crippen molar-refractivity contribution in [2.75, 3.05) is 6.61 Å². The Balaban J connectivity index is 1.96. The van der Waals surface area contributed by atoms with Gasteiger partial charge in [-0.15, -0.1) is 0 Å². The molecule has 0 saturated carbocycles. The standard InChI is InChI=1S/C16H17ClO3/c1-11(14-10-15(18)16(2,3)20-14)7-8-19-13-6-4-5-12(17)9-13/h4-7,9-10H,8H2,1-3H3/b11-7+. The van der Waals surface area contributed by atoms with Crippen molar-refractivity contribution >= 4 is 17.4 Å². The predicted octanol–water partition coefficient (Wildman–Crippen LogP) is 3.93. The second-order valence-electron chi connectivity index (χ2n) is 5.14. The third-order valence-corrected chi connectivity index (χ3v) is 3.28. The smallest absolute Gasteiger partial charge is 0.202 e. The number of hydrogen-bond acceptors (Lipinski definition) is 3. The van der Waals surface area contributed by atoms with Crippen molar-refractivity contribution in [3.8, 4) is 5.75 Å². The molecular formula is C16H17ClO3. The van der Waals surface area contributed by atoms with Crippen LogP contribution in [-0.2, 0) is 9.53 Å². The first-order valence-corrected chi connectivity index (χ1v) is 6.77. The Labute approximate surface area is 123 Å². The number of benzene rings is 1. The van der Waals surface area contributed by atoms with E-state index in [2.05, 4.69) is 0 Å². The molecule has 1 aliphatic rings. The number of allylic oxidation sites excluding steroid dienone is 1. The highest BCUT2D eigenvalue weighted by atomic mass is 35.5. The number of hydrogen-bond donors (Lipinski definition) is 0. The zero-order chi connectivity index (χ0) is 14.8. The molecule has 1 heterocycles. The quantitative estimate of drug-likeness (QED) is 0.843. The summed E-state index contributed by atoms with van der Waals surface area (Å²) >= 11 is 5.88. The molecule has 0 fully saturated rings. The number of rotatable bonds is 4. The molecule has 0 aromatic heterocycles. The Morgan fingerprint density at radius 3 is 2.80 bits per heavy atom. The van der Waals surface area contributed by atoms with Gasteiger partial charge in [-0.2, -0.15) is 0 Å². The highest BCUT2D eigenvalue weighted by molar-refractivity contribution is 6.30. The molecule has 1 aromatic carbocycles. The van der Waals surface area contributed by atoms with Crippen molar-refractivity contribution in [2.45, 2.75) is 26.4 Å². The number of ketones is 1. The summed E-state index contributed by atoms with van der Waals surface area (Å²) in [7, 11) is 0. The molecule has 1 aliphatic heterocycles. The van der Waals surface area contributed by atoms with Gasteiger partial charge in [0.2, 0.25) is 5.78 Å². The molecule has 4 heteroatoms. The maximum absolute atomic E-state index is 11.7. The van der Waals surface area contributed by atoms with Gasteiger partial charge in [-0.1, -0.05) is 17.7 Å². The van der Waals surface area contributed by atoms with Gasteiger partial charge in [0.05, 0.1) is 0 Å². The van der Waals surface area contributed by atoms with Gasteiger partial charge in [-0.05, 0) is 50.6 Å².